The van der Waals surface area contributed by atoms with Gasteiger partial charge in [-0.1, -0.05) is 13.8 Å². The van der Waals surface area contributed by atoms with Gasteiger partial charge in [0.2, 0.25) is 10.0 Å². The average molecular weight is 312 g/mol. The quantitative estimate of drug-likeness (QED) is 0.911. The van der Waals surface area contributed by atoms with Crippen molar-refractivity contribution in [3.8, 4) is 5.75 Å². The van der Waals surface area contributed by atoms with E-state index in [2.05, 4.69) is 4.72 Å². The van der Waals surface area contributed by atoms with Crippen molar-refractivity contribution in [1.29, 1.82) is 0 Å². The number of nitrogens with zero attached hydrogens (tertiary/aromatic N) is 1. The summed E-state index contributed by atoms with van der Waals surface area (Å²) in [5, 5.41) is 0. The van der Waals surface area contributed by atoms with E-state index in [0.29, 0.717) is 18.0 Å². The molecule has 0 bridgehead atoms. The predicted octanol–water partition coefficient (Wildman–Crippen LogP) is 1.36. The minimum atomic E-state index is -3.59. The van der Waals surface area contributed by atoms with Crippen LogP contribution in [0.15, 0.2) is 23.1 Å². The maximum atomic E-state index is 12.2. The van der Waals surface area contributed by atoms with Crippen molar-refractivity contribution < 1.29 is 17.9 Å². The van der Waals surface area contributed by atoms with Gasteiger partial charge in [0.15, 0.2) is 6.10 Å². The Balaban J connectivity index is 2.35. The lowest BCUT2D eigenvalue weighted by Gasteiger charge is -2.30. The molecule has 2 rings (SSSR count). The number of likely N-dealkylation sites (N-methyl/N-ethyl adjacent to an activating group) is 1. The summed E-state index contributed by atoms with van der Waals surface area (Å²) >= 11 is 0. The molecule has 1 aliphatic rings. The third-order valence-corrected chi connectivity index (χ3v) is 4.69. The number of carbonyl (C=O) groups is 1. The second-order valence-electron chi connectivity index (χ2n) is 5.53. The second kappa shape index (κ2) is 5.65. The minimum Gasteiger partial charge on any atom is -0.479 e. The number of ether oxygens (including phenoxy) is 1. The van der Waals surface area contributed by atoms with E-state index in [1.54, 1.807) is 20.0 Å². The lowest BCUT2D eigenvalue weighted by molar-refractivity contribution is -0.125. The Morgan fingerprint density at radius 3 is 2.67 bits per heavy atom. The number of nitrogens with one attached hydrogen (secondary N) is 1. The molecule has 1 amide bonds. The molecule has 116 valence electrons. The zero-order chi connectivity index (χ0) is 15.8. The third kappa shape index (κ3) is 3.19. The van der Waals surface area contributed by atoms with Crippen molar-refractivity contribution in [3.05, 3.63) is 18.2 Å². The SMILES string of the molecule is CC(C)CNS(=O)(=O)c1ccc2c(c1)N(C)C(=O)C(C)O2. The zero-order valence-electron chi connectivity index (χ0n) is 12.6. The van der Waals surface area contributed by atoms with Gasteiger partial charge >= 0.3 is 0 Å². The molecular weight excluding hydrogens is 292 g/mol. The van der Waals surface area contributed by atoms with Crippen LogP contribution in [0.3, 0.4) is 0 Å². The van der Waals surface area contributed by atoms with Crippen LogP contribution in [0.1, 0.15) is 20.8 Å². The lowest BCUT2D eigenvalue weighted by Crippen LogP contribution is -2.42. The van der Waals surface area contributed by atoms with Crippen molar-refractivity contribution in [2.24, 2.45) is 5.92 Å². The smallest absolute Gasteiger partial charge is 0.267 e. The topological polar surface area (TPSA) is 75.7 Å². The first-order chi connectivity index (χ1) is 9.72. The number of fused-ring (bicyclic) bond motifs is 1. The molecule has 21 heavy (non-hydrogen) atoms. The molecule has 0 spiro atoms. The molecule has 7 heteroatoms. The van der Waals surface area contributed by atoms with Gasteiger partial charge in [-0.2, -0.15) is 0 Å². The first-order valence-corrected chi connectivity index (χ1v) is 8.28. The van der Waals surface area contributed by atoms with Crippen molar-refractivity contribution in [2.45, 2.75) is 31.8 Å². The molecule has 0 aromatic heterocycles. The molecule has 0 saturated heterocycles. The predicted molar refractivity (Wildman–Crippen MR) is 80.0 cm³/mol. The van der Waals surface area contributed by atoms with E-state index >= 15 is 0 Å². The van der Waals surface area contributed by atoms with Gasteiger partial charge in [-0.25, -0.2) is 13.1 Å². The molecule has 0 fully saturated rings. The van der Waals surface area contributed by atoms with Crippen molar-refractivity contribution in [1.82, 2.24) is 4.72 Å². The van der Waals surface area contributed by atoms with E-state index in [1.165, 1.54) is 17.0 Å². The monoisotopic (exact) mass is 312 g/mol. The van der Waals surface area contributed by atoms with Crippen LogP contribution in [0.2, 0.25) is 0 Å². The van der Waals surface area contributed by atoms with Gasteiger partial charge in [0.25, 0.3) is 5.91 Å². The summed E-state index contributed by atoms with van der Waals surface area (Å²) < 4.78 is 32.5. The minimum absolute atomic E-state index is 0.125. The van der Waals surface area contributed by atoms with Crippen LogP contribution >= 0.6 is 0 Å². The Morgan fingerprint density at radius 2 is 2.05 bits per heavy atom. The lowest BCUT2D eigenvalue weighted by atomic mass is 10.2. The summed E-state index contributed by atoms with van der Waals surface area (Å²) in [6.07, 6.45) is -0.566. The van der Waals surface area contributed by atoms with E-state index in [-0.39, 0.29) is 16.7 Å². The van der Waals surface area contributed by atoms with Crippen LogP contribution in [0, 0.1) is 5.92 Å². The standard InChI is InChI=1S/C14H20N2O4S/c1-9(2)8-15-21(18,19)11-5-6-13-12(7-11)16(4)14(17)10(3)20-13/h5-7,9-10,15H,8H2,1-4H3. The highest BCUT2D eigenvalue weighted by Crippen LogP contribution is 2.34. The van der Waals surface area contributed by atoms with E-state index in [1.807, 2.05) is 13.8 Å². The van der Waals surface area contributed by atoms with Gasteiger partial charge in [-0.15, -0.1) is 0 Å². The Kier molecular flexibility index (Phi) is 4.25. The maximum Gasteiger partial charge on any atom is 0.267 e. The zero-order valence-corrected chi connectivity index (χ0v) is 13.4. The number of benzene rings is 1. The molecule has 1 heterocycles. The molecule has 1 aliphatic heterocycles. The maximum absolute atomic E-state index is 12.2. The summed E-state index contributed by atoms with van der Waals surface area (Å²) in [5.74, 6) is 0.519. The molecule has 0 aliphatic carbocycles. The van der Waals surface area contributed by atoms with Gasteiger partial charge in [0.1, 0.15) is 5.75 Å². The van der Waals surface area contributed by atoms with Gasteiger partial charge in [0.05, 0.1) is 10.6 Å². The Bertz CT molecular complexity index is 655. The number of rotatable bonds is 4. The highest BCUT2D eigenvalue weighted by molar-refractivity contribution is 7.89. The molecule has 6 nitrogen and oxygen atoms in total. The Labute approximate surface area is 125 Å². The molecule has 1 aromatic carbocycles. The third-order valence-electron chi connectivity index (χ3n) is 3.27. The van der Waals surface area contributed by atoms with E-state index < -0.39 is 16.1 Å². The van der Waals surface area contributed by atoms with Gasteiger partial charge in [-0.3, -0.25) is 4.79 Å². The summed E-state index contributed by atoms with van der Waals surface area (Å²) in [4.78, 5) is 13.4. The van der Waals surface area contributed by atoms with Gasteiger partial charge < -0.3 is 9.64 Å². The number of anilines is 1. The molecule has 0 radical (unpaired) electrons. The summed E-state index contributed by atoms with van der Waals surface area (Å²) in [5.41, 5.74) is 0.463. The fourth-order valence-corrected chi connectivity index (χ4v) is 3.25. The first kappa shape index (κ1) is 15.8. The van der Waals surface area contributed by atoms with Crippen molar-refractivity contribution in [3.63, 3.8) is 0 Å². The average Bonchev–Trinajstić information content (AvgIpc) is 2.42. The number of hydrogen-bond donors (Lipinski definition) is 1. The Hall–Kier alpha value is -1.60. The van der Waals surface area contributed by atoms with E-state index in [0.717, 1.165) is 0 Å². The first-order valence-electron chi connectivity index (χ1n) is 6.80. The number of amides is 1. The summed E-state index contributed by atoms with van der Waals surface area (Å²) in [7, 11) is -1.98. The molecule has 1 aromatic rings. The van der Waals surface area contributed by atoms with Crippen LogP contribution in [-0.4, -0.2) is 34.0 Å². The van der Waals surface area contributed by atoms with Gasteiger partial charge in [-0.05, 0) is 31.0 Å². The highest BCUT2D eigenvalue weighted by atomic mass is 32.2. The molecule has 1 unspecified atom stereocenters. The van der Waals surface area contributed by atoms with E-state index in [9.17, 15) is 13.2 Å². The van der Waals surface area contributed by atoms with Crippen LogP contribution in [-0.2, 0) is 14.8 Å². The Morgan fingerprint density at radius 1 is 1.38 bits per heavy atom. The van der Waals surface area contributed by atoms with Crippen LogP contribution < -0.4 is 14.4 Å². The number of sulfonamides is 1. The van der Waals surface area contributed by atoms with Crippen LogP contribution in [0.4, 0.5) is 5.69 Å². The largest absolute Gasteiger partial charge is 0.479 e. The van der Waals surface area contributed by atoms with Crippen molar-refractivity contribution >= 4 is 21.6 Å². The van der Waals surface area contributed by atoms with Crippen LogP contribution in [0.25, 0.3) is 0 Å². The number of carbonyl (C=O) groups excluding carboxylic acids is 1. The number of hydrogen-bond acceptors (Lipinski definition) is 4. The molecular formula is C14H20N2O4S. The van der Waals surface area contributed by atoms with E-state index in [4.69, 9.17) is 4.74 Å². The molecule has 1 N–H and O–H groups in total. The van der Waals surface area contributed by atoms with Crippen LogP contribution in [0.5, 0.6) is 5.75 Å². The highest BCUT2D eigenvalue weighted by Gasteiger charge is 2.30. The summed E-state index contributed by atoms with van der Waals surface area (Å²) in [6.45, 7) is 5.88. The second-order valence-corrected chi connectivity index (χ2v) is 7.30. The van der Waals surface area contributed by atoms with Gasteiger partial charge in [0, 0.05) is 13.6 Å². The fraction of sp³-hybridized carbons (Fsp3) is 0.500. The van der Waals surface area contributed by atoms with Crippen molar-refractivity contribution in [2.75, 3.05) is 18.5 Å². The normalized spacial score (nSPS) is 18.6. The summed E-state index contributed by atoms with van der Waals surface area (Å²) in [6, 6.07) is 4.53. The fourth-order valence-electron chi connectivity index (χ4n) is 2.02. The molecule has 1 atom stereocenters. The molecule has 0 saturated carbocycles.